The van der Waals surface area contributed by atoms with Crippen molar-refractivity contribution in [2.45, 2.75) is 46.6 Å². The first-order valence-electron chi connectivity index (χ1n) is 14.2. The highest BCUT2D eigenvalue weighted by molar-refractivity contribution is 6.51. The van der Waals surface area contributed by atoms with Gasteiger partial charge in [0.2, 0.25) is 0 Å². The summed E-state index contributed by atoms with van der Waals surface area (Å²) in [4.78, 5) is 33.1. The van der Waals surface area contributed by atoms with Crippen molar-refractivity contribution in [1.29, 1.82) is 0 Å². The van der Waals surface area contributed by atoms with Crippen LogP contribution in [0.3, 0.4) is 0 Å². The molecule has 41 heavy (non-hydrogen) atoms. The van der Waals surface area contributed by atoms with E-state index in [4.69, 9.17) is 4.74 Å². The molecule has 1 heterocycles. The van der Waals surface area contributed by atoms with Crippen molar-refractivity contribution in [2.75, 3.05) is 49.0 Å². The Morgan fingerprint density at radius 1 is 0.951 bits per heavy atom. The first-order valence-corrected chi connectivity index (χ1v) is 14.2. The third-order valence-electron chi connectivity index (χ3n) is 7.88. The molecule has 0 spiro atoms. The number of anilines is 3. The van der Waals surface area contributed by atoms with Crippen LogP contribution < -0.4 is 19.4 Å². The molecule has 1 amide bonds. The quantitative estimate of drug-likeness (QED) is 0.181. The Kier molecular flexibility index (Phi) is 8.76. The minimum Gasteiger partial charge on any atom is -0.507 e. The number of Topliss-reactive ketones (excluding diaryl/α,β-unsaturated/α-hetero) is 1. The van der Waals surface area contributed by atoms with E-state index in [0.717, 1.165) is 46.9 Å². The molecule has 1 atom stereocenters. The van der Waals surface area contributed by atoms with E-state index in [9.17, 15) is 14.7 Å². The number of carbonyl (C=O) groups excluding carboxylic acids is 2. The molecule has 4 rings (SSSR count). The van der Waals surface area contributed by atoms with Crippen molar-refractivity contribution in [3.63, 3.8) is 0 Å². The van der Waals surface area contributed by atoms with Gasteiger partial charge in [0.25, 0.3) is 11.7 Å². The summed E-state index contributed by atoms with van der Waals surface area (Å²) in [6, 6.07) is 18.4. The van der Waals surface area contributed by atoms with Crippen LogP contribution in [0.2, 0.25) is 0 Å². The second kappa shape index (κ2) is 12.1. The summed E-state index contributed by atoms with van der Waals surface area (Å²) >= 11 is 0. The fraction of sp³-hybridized carbons (Fsp3) is 0.353. The third-order valence-corrected chi connectivity index (χ3v) is 7.88. The van der Waals surface area contributed by atoms with E-state index in [1.165, 1.54) is 4.90 Å². The summed E-state index contributed by atoms with van der Waals surface area (Å²) in [6.07, 6.45) is 0. The van der Waals surface area contributed by atoms with Crippen LogP contribution in [0.15, 0.2) is 66.2 Å². The van der Waals surface area contributed by atoms with E-state index >= 15 is 0 Å². The molecule has 216 valence electrons. The van der Waals surface area contributed by atoms with Crippen molar-refractivity contribution in [2.24, 2.45) is 0 Å². The number of aliphatic hydroxyl groups excluding tert-OH is 1. The SMILES string of the molecule is CCN(CC)c1ccc(C2/C(=C(\O)c3cc(C(C)C)c(OC)cc3C)C(=O)C(=O)N2c2ccc(N(C)C)cc2)cc1. The van der Waals surface area contributed by atoms with Gasteiger partial charge in [-0.15, -0.1) is 0 Å². The highest BCUT2D eigenvalue weighted by Crippen LogP contribution is 2.44. The average Bonchev–Trinajstić information content (AvgIpc) is 3.23. The number of aryl methyl sites for hydroxylation is 1. The minimum atomic E-state index is -0.796. The second-order valence-electron chi connectivity index (χ2n) is 10.9. The number of methoxy groups -OCH3 is 1. The van der Waals surface area contributed by atoms with Gasteiger partial charge in [-0.3, -0.25) is 14.5 Å². The van der Waals surface area contributed by atoms with Gasteiger partial charge in [-0.1, -0.05) is 26.0 Å². The minimum absolute atomic E-state index is 0.0743. The van der Waals surface area contributed by atoms with Crippen molar-refractivity contribution >= 4 is 34.5 Å². The first-order chi connectivity index (χ1) is 19.5. The molecule has 0 saturated carbocycles. The predicted octanol–water partition coefficient (Wildman–Crippen LogP) is 6.67. The normalized spacial score (nSPS) is 16.4. The van der Waals surface area contributed by atoms with E-state index in [1.54, 1.807) is 7.11 Å². The van der Waals surface area contributed by atoms with Crippen LogP contribution in [-0.2, 0) is 9.59 Å². The molecule has 0 radical (unpaired) electrons. The number of carbonyl (C=O) groups is 2. The second-order valence-corrected chi connectivity index (χ2v) is 10.9. The Hall–Kier alpha value is -4.26. The number of ketones is 1. The standard InChI is InChI=1S/C34H41N3O4/c1-9-36(10-2)25-13-11-23(12-14-25)31-30(32(38)28-20-27(21(3)4)29(41-8)19-22(28)5)33(39)34(40)37(31)26-17-15-24(16-18-26)35(6)7/h11-21,31,38H,9-10H2,1-8H3/b32-30+. The van der Waals surface area contributed by atoms with E-state index in [1.807, 2.05) is 100 Å². The highest BCUT2D eigenvalue weighted by Gasteiger charge is 2.47. The maximum absolute atomic E-state index is 13.7. The van der Waals surface area contributed by atoms with Crippen LogP contribution in [0.4, 0.5) is 17.1 Å². The van der Waals surface area contributed by atoms with Gasteiger partial charge in [0.05, 0.1) is 18.7 Å². The molecule has 1 fully saturated rings. The van der Waals surface area contributed by atoms with E-state index in [2.05, 4.69) is 18.7 Å². The van der Waals surface area contributed by atoms with Gasteiger partial charge in [-0.25, -0.2) is 0 Å². The number of rotatable bonds is 9. The maximum Gasteiger partial charge on any atom is 0.300 e. The van der Waals surface area contributed by atoms with Gasteiger partial charge >= 0.3 is 0 Å². The number of amides is 1. The molecule has 1 N–H and O–H groups in total. The Labute approximate surface area is 243 Å². The molecule has 1 saturated heterocycles. The fourth-order valence-electron chi connectivity index (χ4n) is 5.51. The van der Waals surface area contributed by atoms with Gasteiger partial charge in [-0.05, 0) is 91.9 Å². The van der Waals surface area contributed by atoms with Crippen LogP contribution in [0.5, 0.6) is 5.75 Å². The summed E-state index contributed by atoms with van der Waals surface area (Å²) in [5, 5.41) is 11.8. The van der Waals surface area contributed by atoms with Crippen molar-refractivity contribution in [3.05, 3.63) is 88.5 Å². The lowest BCUT2D eigenvalue weighted by molar-refractivity contribution is -0.132. The zero-order chi connectivity index (χ0) is 30.0. The lowest BCUT2D eigenvalue weighted by Crippen LogP contribution is -2.29. The summed E-state index contributed by atoms with van der Waals surface area (Å²) < 4.78 is 5.59. The van der Waals surface area contributed by atoms with Gasteiger partial charge in [0.15, 0.2) is 0 Å². The zero-order valence-electron chi connectivity index (χ0n) is 25.4. The molecular formula is C34H41N3O4. The van der Waals surface area contributed by atoms with Gasteiger partial charge in [0.1, 0.15) is 11.5 Å². The molecule has 3 aromatic rings. The largest absolute Gasteiger partial charge is 0.507 e. The number of ether oxygens (including phenoxy) is 1. The summed E-state index contributed by atoms with van der Waals surface area (Å²) in [5.74, 6) is -0.719. The lowest BCUT2D eigenvalue weighted by Gasteiger charge is -2.27. The number of hydrogen-bond acceptors (Lipinski definition) is 6. The molecule has 3 aromatic carbocycles. The van der Waals surface area contributed by atoms with Gasteiger partial charge in [-0.2, -0.15) is 0 Å². The predicted molar refractivity (Wildman–Crippen MR) is 167 cm³/mol. The fourth-order valence-corrected chi connectivity index (χ4v) is 5.51. The summed E-state index contributed by atoms with van der Waals surface area (Å²) in [7, 11) is 5.51. The Morgan fingerprint density at radius 3 is 2.05 bits per heavy atom. The Balaban J connectivity index is 1.94. The lowest BCUT2D eigenvalue weighted by atomic mass is 9.91. The Morgan fingerprint density at radius 2 is 1.54 bits per heavy atom. The third kappa shape index (κ3) is 5.53. The van der Waals surface area contributed by atoms with E-state index < -0.39 is 17.7 Å². The Bertz CT molecular complexity index is 1450. The van der Waals surface area contributed by atoms with Crippen LogP contribution in [0, 0.1) is 6.92 Å². The topological polar surface area (TPSA) is 73.3 Å². The van der Waals surface area contributed by atoms with Crippen LogP contribution in [-0.4, -0.2) is 51.1 Å². The smallest absolute Gasteiger partial charge is 0.300 e. The summed E-state index contributed by atoms with van der Waals surface area (Å²) in [6.45, 7) is 11.9. The number of nitrogens with zero attached hydrogens (tertiary/aromatic N) is 3. The molecule has 1 unspecified atom stereocenters. The maximum atomic E-state index is 13.7. The van der Waals surface area contributed by atoms with Crippen molar-refractivity contribution < 1.29 is 19.4 Å². The average molecular weight is 556 g/mol. The van der Waals surface area contributed by atoms with Gasteiger partial charge < -0.3 is 19.6 Å². The van der Waals surface area contributed by atoms with E-state index in [-0.39, 0.29) is 17.3 Å². The van der Waals surface area contributed by atoms with Crippen LogP contribution in [0.1, 0.15) is 61.9 Å². The van der Waals surface area contributed by atoms with Crippen molar-refractivity contribution in [3.8, 4) is 5.75 Å². The molecule has 0 aliphatic carbocycles. The van der Waals surface area contributed by atoms with Crippen LogP contribution in [0.25, 0.3) is 5.76 Å². The zero-order valence-corrected chi connectivity index (χ0v) is 25.4. The number of hydrogen-bond donors (Lipinski definition) is 1. The summed E-state index contributed by atoms with van der Waals surface area (Å²) in [5.41, 5.74) is 5.61. The van der Waals surface area contributed by atoms with Gasteiger partial charge in [0, 0.05) is 49.8 Å². The number of benzene rings is 3. The molecule has 0 aromatic heterocycles. The van der Waals surface area contributed by atoms with E-state index in [0.29, 0.717) is 11.3 Å². The molecule has 1 aliphatic heterocycles. The van der Waals surface area contributed by atoms with Crippen LogP contribution >= 0.6 is 0 Å². The first kappa shape index (κ1) is 29.7. The molecule has 1 aliphatic rings. The molecule has 7 nitrogen and oxygen atoms in total. The molecule has 0 bridgehead atoms. The number of aliphatic hydroxyl groups is 1. The monoisotopic (exact) mass is 555 g/mol. The molecule has 7 heteroatoms. The molecular weight excluding hydrogens is 514 g/mol. The highest BCUT2D eigenvalue weighted by atomic mass is 16.5. The van der Waals surface area contributed by atoms with Crippen molar-refractivity contribution in [1.82, 2.24) is 0 Å².